The Morgan fingerprint density at radius 2 is 1.72 bits per heavy atom. The maximum absolute atomic E-state index is 6.35. The van der Waals surface area contributed by atoms with Crippen LogP contribution in [0.3, 0.4) is 0 Å². The van der Waals surface area contributed by atoms with Gasteiger partial charge in [0, 0.05) is 27.6 Å². The van der Waals surface area contributed by atoms with E-state index >= 15 is 0 Å². The molecule has 0 saturated heterocycles. The molecule has 8 heteroatoms. The standard InChI is InChI=1S/C28H21ClN4O2S/c1-17-6-8-18(9-7-17)16-36-28-31-27-25(32-33-28)21-4-2-3-5-22(21)30-26(35-27)24-15-14-23(34-24)19-10-12-20(29)13-11-19/h2-15,26,30H,16H2,1H3/t26-/m1/s1. The summed E-state index contributed by atoms with van der Waals surface area (Å²) < 4.78 is 12.5. The van der Waals surface area contributed by atoms with E-state index in [1.54, 1.807) is 0 Å². The first-order valence-electron chi connectivity index (χ1n) is 11.4. The number of thioether (sulfide) groups is 1. The summed E-state index contributed by atoms with van der Waals surface area (Å²) in [5.74, 6) is 2.49. The number of nitrogens with zero attached hydrogens (tertiary/aromatic N) is 3. The molecule has 1 N–H and O–H groups in total. The second kappa shape index (κ2) is 9.68. The number of halogens is 1. The summed E-state index contributed by atoms with van der Waals surface area (Å²) in [6.07, 6.45) is -0.597. The van der Waals surface area contributed by atoms with Crippen molar-refractivity contribution in [3.63, 3.8) is 0 Å². The lowest BCUT2D eigenvalue weighted by atomic mass is 10.1. The van der Waals surface area contributed by atoms with E-state index in [0.717, 1.165) is 28.3 Å². The van der Waals surface area contributed by atoms with Crippen molar-refractivity contribution in [1.29, 1.82) is 0 Å². The SMILES string of the molecule is Cc1ccc(CSc2nnc3c(n2)O[C@H](c2ccc(-c4ccc(Cl)cc4)o2)Nc2ccccc2-3)cc1. The van der Waals surface area contributed by atoms with Crippen molar-refractivity contribution >= 4 is 29.1 Å². The van der Waals surface area contributed by atoms with Gasteiger partial charge in [-0.2, -0.15) is 4.98 Å². The van der Waals surface area contributed by atoms with Crippen molar-refractivity contribution in [2.45, 2.75) is 24.1 Å². The van der Waals surface area contributed by atoms with Crippen molar-refractivity contribution in [3.05, 3.63) is 107 Å². The quantitative estimate of drug-likeness (QED) is 0.243. The molecule has 1 atom stereocenters. The van der Waals surface area contributed by atoms with Crippen molar-refractivity contribution in [3.8, 4) is 28.5 Å². The fourth-order valence-electron chi connectivity index (χ4n) is 3.93. The molecule has 5 aromatic rings. The van der Waals surface area contributed by atoms with E-state index in [1.165, 1.54) is 22.9 Å². The molecule has 178 valence electrons. The van der Waals surface area contributed by atoms with Crippen LogP contribution >= 0.6 is 23.4 Å². The lowest BCUT2D eigenvalue weighted by molar-refractivity contribution is 0.196. The zero-order chi connectivity index (χ0) is 24.5. The predicted octanol–water partition coefficient (Wildman–Crippen LogP) is 7.56. The topological polar surface area (TPSA) is 73.1 Å². The van der Waals surface area contributed by atoms with Crippen LogP contribution in [0, 0.1) is 6.92 Å². The monoisotopic (exact) mass is 512 g/mol. The number of rotatable bonds is 5. The number of aromatic nitrogens is 3. The van der Waals surface area contributed by atoms with Gasteiger partial charge in [-0.1, -0.05) is 71.4 Å². The second-order valence-corrected chi connectivity index (χ2v) is 9.80. The summed E-state index contributed by atoms with van der Waals surface area (Å²) in [6, 6.07) is 27.6. The molecular weight excluding hydrogens is 492 g/mol. The Balaban J connectivity index is 1.31. The van der Waals surface area contributed by atoms with Crippen LogP contribution in [0.25, 0.3) is 22.6 Å². The Hall–Kier alpha value is -3.81. The maximum atomic E-state index is 6.35. The Morgan fingerprint density at radius 1 is 0.917 bits per heavy atom. The maximum Gasteiger partial charge on any atom is 0.247 e. The molecule has 2 aromatic heterocycles. The van der Waals surface area contributed by atoms with Gasteiger partial charge in [0.1, 0.15) is 5.76 Å². The average molecular weight is 513 g/mol. The van der Waals surface area contributed by atoms with Crippen LogP contribution in [0.4, 0.5) is 5.69 Å². The number of hydrogen-bond acceptors (Lipinski definition) is 7. The summed E-state index contributed by atoms with van der Waals surface area (Å²) >= 11 is 7.56. The van der Waals surface area contributed by atoms with Crippen molar-refractivity contribution in [1.82, 2.24) is 15.2 Å². The zero-order valence-electron chi connectivity index (χ0n) is 19.3. The molecular formula is C28H21ClN4O2S. The molecule has 3 aromatic carbocycles. The molecule has 0 saturated carbocycles. The van der Waals surface area contributed by atoms with E-state index in [4.69, 9.17) is 25.7 Å². The summed E-state index contributed by atoms with van der Waals surface area (Å²) in [6.45, 7) is 2.08. The zero-order valence-corrected chi connectivity index (χ0v) is 20.9. The molecule has 6 nitrogen and oxygen atoms in total. The summed E-state index contributed by atoms with van der Waals surface area (Å²) in [5.41, 5.74) is 5.68. The van der Waals surface area contributed by atoms with Crippen LogP contribution in [-0.2, 0) is 5.75 Å². The number of fused-ring (bicyclic) bond motifs is 3. The van der Waals surface area contributed by atoms with Crippen LogP contribution in [0.15, 0.2) is 94.5 Å². The molecule has 0 amide bonds. The summed E-state index contributed by atoms with van der Waals surface area (Å²) in [4.78, 5) is 4.73. The van der Waals surface area contributed by atoms with E-state index in [1.807, 2.05) is 60.7 Å². The van der Waals surface area contributed by atoms with E-state index in [9.17, 15) is 0 Å². The molecule has 3 heterocycles. The molecule has 0 spiro atoms. The number of ether oxygens (including phenoxy) is 1. The largest absolute Gasteiger partial charge is 0.455 e. The summed E-state index contributed by atoms with van der Waals surface area (Å²) in [5, 5.41) is 13.5. The van der Waals surface area contributed by atoms with Crippen LogP contribution < -0.4 is 10.1 Å². The van der Waals surface area contributed by atoms with Gasteiger partial charge in [0.2, 0.25) is 17.3 Å². The van der Waals surface area contributed by atoms with E-state index in [2.05, 4.69) is 46.7 Å². The first-order valence-corrected chi connectivity index (χ1v) is 12.8. The number of hydrogen-bond donors (Lipinski definition) is 1. The van der Waals surface area contributed by atoms with Crippen LogP contribution in [-0.4, -0.2) is 15.2 Å². The highest BCUT2D eigenvalue weighted by molar-refractivity contribution is 7.98. The average Bonchev–Trinajstić information content (AvgIpc) is 3.33. The molecule has 0 bridgehead atoms. The molecule has 36 heavy (non-hydrogen) atoms. The number of para-hydroxylation sites is 1. The molecule has 6 rings (SSSR count). The molecule has 0 fully saturated rings. The third kappa shape index (κ3) is 4.67. The third-order valence-electron chi connectivity index (χ3n) is 5.84. The van der Waals surface area contributed by atoms with Gasteiger partial charge >= 0.3 is 0 Å². The number of aryl methyl sites for hydroxylation is 1. The predicted molar refractivity (Wildman–Crippen MR) is 142 cm³/mol. The highest BCUT2D eigenvalue weighted by Gasteiger charge is 2.28. The lowest BCUT2D eigenvalue weighted by Crippen LogP contribution is -2.16. The number of benzene rings is 3. The normalized spacial score (nSPS) is 14.2. The Morgan fingerprint density at radius 3 is 2.56 bits per heavy atom. The van der Waals surface area contributed by atoms with Crippen molar-refractivity contribution < 1.29 is 9.15 Å². The number of furan rings is 1. The molecule has 0 radical (unpaired) electrons. The van der Waals surface area contributed by atoms with Crippen LogP contribution in [0.5, 0.6) is 5.88 Å². The first kappa shape index (κ1) is 22.6. The van der Waals surface area contributed by atoms with Crippen LogP contribution in [0.1, 0.15) is 23.1 Å². The number of anilines is 1. The Bertz CT molecular complexity index is 1520. The van der Waals surface area contributed by atoms with E-state index in [-0.39, 0.29) is 0 Å². The minimum absolute atomic E-state index is 0.406. The molecule has 0 aliphatic carbocycles. The van der Waals surface area contributed by atoms with Gasteiger partial charge in [0.15, 0.2) is 11.5 Å². The smallest absolute Gasteiger partial charge is 0.247 e. The highest BCUT2D eigenvalue weighted by Crippen LogP contribution is 2.40. The van der Waals surface area contributed by atoms with Crippen molar-refractivity contribution in [2.24, 2.45) is 0 Å². The minimum Gasteiger partial charge on any atom is -0.455 e. The third-order valence-corrected chi connectivity index (χ3v) is 7.00. The van der Waals surface area contributed by atoms with E-state index < -0.39 is 6.23 Å². The van der Waals surface area contributed by atoms with Gasteiger partial charge in [-0.15, -0.1) is 10.2 Å². The lowest BCUT2D eigenvalue weighted by Gasteiger charge is -2.16. The molecule has 1 aliphatic rings. The van der Waals surface area contributed by atoms with Gasteiger partial charge < -0.3 is 14.5 Å². The summed E-state index contributed by atoms with van der Waals surface area (Å²) in [7, 11) is 0. The van der Waals surface area contributed by atoms with Crippen molar-refractivity contribution in [2.75, 3.05) is 5.32 Å². The highest BCUT2D eigenvalue weighted by atomic mass is 35.5. The second-order valence-electron chi connectivity index (χ2n) is 8.42. The number of nitrogens with one attached hydrogen (secondary N) is 1. The minimum atomic E-state index is -0.597. The fraction of sp³-hybridized carbons (Fsp3) is 0.107. The van der Waals surface area contributed by atoms with Gasteiger partial charge in [-0.05, 0) is 55.0 Å². The Kier molecular flexibility index (Phi) is 6.09. The van der Waals surface area contributed by atoms with Gasteiger partial charge in [-0.3, -0.25) is 0 Å². The fourth-order valence-corrected chi connectivity index (χ4v) is 4.79. The molecule has 0 unspecified atom stereocenters. The van der Waals surface area contributed by atoms with Crippen LogP contribution in [0.2, 0.25) is 5.02 Å². The molecule has 1 aliphatic heterocycles. The Labute approximate surface area is 217 Å². The van der Waals surface area contributed by atoms with E-state index in [0.29, 0.717) is 27.5 Å². The van der Waals surface area contributed by atoms with Gasteiger partial charge in [0.25, 0.3) is 0 Å². The van der Waals surface area contributed by atoms with Gasteiger partial charge in [-0.25, -0.2) is 0 Å². The first-order chi connectivity index (χ1) is 17.6. The van der Waals surface area contributed by atoms with Gasteiger partial charge in [0.05, 0.1) is 0 Å².